The minimum atomic E-state index is -3.78. The Balaban J connectivity index is 1.70. The summed E-state index contributed by atoms with van der Waals surface area (Å²) in [5.74, 6) is 0.162. The normalized spacial score (nSPS) is 12.1. The predicted octanol–water partition coefficient (Wildman–Crippen LogP) is 5.42. The molecule has 0 aliphatic carbocycles. The first-order chi connectivity index (χ1) is 13.7. The van der Waals surface area contributed by atoms with Crippen molar-refractivity contribution in [1.82, 2.24) is 0 Å². The fraction of sp³-hybridized carbons (Fsp3) is 0.111. The van der Waals surface area contributed by atoms with E-state index in [1.165, 1.54) is 48.2 Å². The third-order valence-corrected chi connectivity index (χ3v) is 10.1. The third kappa shape index (κ3) is 5.90. The van der Waals surface area contributed by atoms with E-state index < -0.39 is 19.9 Å². The Morgan fingerprint density at radius 1 is 0.897 bits per heavy atom. The van der Waals surface area contributed by atoms with Crippen LogP contribution in [0.25, 0.3) is 0 Å². The molecule has 0 aliphatic rings. The minimum Gasteiger partial charge on any atom is -0.278 e. The van der Waals surface area contributed by atoms with Crippen LogP contribution >= 0.6 is 46.3 Å². The maximum atomic E-state index is 12.5. The van der Waals surface area contributed by atoms with Gasteiger partial charge < -0.3 is 0 Å². The molecule has 1 heterocycles. The number of thioether (sulfide) groups is 1. The summed E-state index contributed by atoms with van der Waals surface area (Å²) >= 11 is 13.8. The minimum absolute atomic E-state index is 0.0963. The Morgan fingerprint density at radius 3 is 2.24 bits per heavy atom. The lowest BCUT2D eigenvalue weighted by Crippen LogP contribution is -2.12. The quantitative estimate of drug-likeness (QED) is 0.411. The monoisotopic (exact) mass is 507 g/mol. The number of hydrogen-bond acceptors (Lipinski definition) is 6. The Bertz CT molecular complexity index is 1210. The van der Waals surface area contributed by atoms with Gasteiger partial charge in [0.05, 0.1) is 20.7 Å². The molecule has 0 aliphatic heterocycles. The highest BCUT2D eigenvalue weighted by molar-refractivity contribution is 8.01. The van der Waals surface area contributed by atoms with Crippen molar-refractivity contribution in [1.29, 1.82) is 0 Å². The smallest absolute Gasteiger partial charge is 0.271 e. The van der Waals surface area contributed by atoms with Gasteiger partial charge in [-0.2, -0.15) is 0 Å². The summed E-state index contributed by atoms with van der Waals surface area (Å²) in [6, 6.07) is 15.8. The SMILES string of the molecule is O=S(=O)(CCSc1ccccc1NS(=O)(=O)c1ccc(Cl)s1)c1ccc(Cl)cc1. The van der Waals surface area contributed by atoms with Gasteiger partial charge in [0.1, 0.15) is 4.21 Å². The molecule has 0 bridgehead atoms. The van der Waals surface area contributed by atoms with Crippen LogP contribution in [0, 0.1) is 0 Å². The number of rotatable bonds is 8. The van der Waals surface area contributed by atoms with Crippen LogP contribution in [0.1, 0.15) is 0 Å². The van der Waals surface area contributed by atoms with Crippen LogP contribution in [0.2, 0.25) is 9.36 Å². The molecule has 0 radical (unpaired) electrons. The van der Waals surface area contributed by atoms with Gasteiger partial charge in [0.25, 0.3) is 10.0 Å². The molecule has 0 saturated carbocycles. The van der Waals surface area contributed by atoms with Gasteiger partial charge in [-0.15, -0.1) is 23.1 Å². The molecular formula is C18H15Cl2NO4S4. The third-order valence-electron chi connectivity index (χ3n) is 3.73. The molecular weight excluding hydrogens is 493 g/mol. The fourth-order valence-corrected chi connectivity index (χ4v) is 7.75. The van der Waals surface area contributed by atoms with Gasteiger partial charge in [0.15, 0.2) is 9.84 Å². The van der Waals surface area contributed by atoms with E-state index in [4.69, 9.17) is 23.2 Å². The second-order valence-electron chi connectivity index (χ2n) is 5.78. The molecule has 0 amide bonds. The van der Waals surface area contributed by atoms with Gasteiger partial charge in [-0.1, -0.05) is 35.3 Å². The summed E-state index contributed by atoms with van der Waals surface area (Å²) < 4.78 is 53.0. The number of nitrogens with one attached hydrogen (secondary N) is 1. The molecule has 3 aromatic rings. The van der Waals surface area contributed by atoms with E-state index >= 15 is 0 Å². The van der Waals surface area contributed by atoms with Crippen LogP contribution in [0.15, 0.2) is 74.7 Å². The van der Waals surface area contributed by atoms with Crippen molar-refractivity contribution in [3.8, 4) is 0 Å². The Hall–Kier alpha value is -1.23. The van der Waals surface area contributed by atoms with Crippen LogP contribution < -0.4 is 4.72 Å². The summed E-state index contributed by atoms with van der Waals surface area (Å²) in [4.78, 5) is 0.830. The van der Waals surface area contributed by atoms with Crippen LogP contribution in [-0.4, -0.2) is 28.3 Å². The molecule has 0 spiro atoms. The molecule has 0 saturated heterocycles. The number of sulfone groups is 1. The van der Waals surface area contributed by atoms with Crippen molar-refractivity contribution in [2.45, 2.75) is 14.0 Å². The average molecular weight is 508 g/mol. The van der Waals surface area contributed by atoms with E-state index in [0.29, 0.717) is 19.9 Å². The lowest BCUT2D eigenvalue weighted by molar-refractivity contribution is 0.597. The predicted molar refractivity (Wildman–Crippen MR) is 121 cm³/mol. The first-order valence-electron chi connectivity index (χ1n) is 8.16. The lowest BCUT2D eigenvalue weighted by Gasteiger charge is -2.11. The Morgan fingerprint density at radius 2 is 1.59 bits per heavy atom. The van der Waals surface area contributed by atoms with Crippen molar-refractivity contribution in [3.63, 3.8) is 0 Å². The highest BCUT2D eigenvalue weighted by atomic mass is 35.5. The van der Waals surface area contributed by atoms with Gasteiger partial charge in [0.2, 0.25) is 0 Å². The van der Waals surface area contributed by atoms with E-state index in [-0.39, 0.29) is 20.6 Å². The zero-order valence-electron chi connectivity index (χ0n) is 14.7. The molecule has 5 nitrogen and oxygen atoms in total. The summed E-state index contributed by atoms with van der Waals surface area (Å²) in [6.45, 7) is 0. The highest BCUT2D eigenvalue weighted by Crippen LogP contribution is 2.32. The van der Waals surface area contributed by atoms with Gasteiger partial charge in [-0.25, -0.2) is 16.8 Å². The number of para-hydroxylation sites is 1. The maximum Gasteiger partial charge on any atom is 0.271 e. The van der Waals surface area contributed by atoms with Crippen LogP contribution in [-0.2, 0) is 19.9 Å². The van der Waals surface area contributed by atoms with Gasteiger partial charge in [-0.05, 0) is 48.5 Å². The molecule has 1 N–H and O–H groups in total. The van der Waals surface area contributed by atoms with Crippen LogP contribution in [0.5, 0.6) is 0 Å². The van der Waals surface area contributed by atoms with Crippen molar-refractivity contribution in [2.75, 3.05) is 16.2 Å². The molecule has 3 rings (SSSR count). The molecule has 11 heteroatoms. The molecule has 2 aromatic carbocycles. The molecule has 0 fully saturated rings. The summed E-state index contributed by atoms with van der Waals surface area (Å²) in [5.41, 5.74) is 0.380. The standard InChI is InChI=1S/C18H15Cl2NO4S4/c19-13-5-7-14(8-6-13)28(22,23)12-11-26-16-4-2-1-3-15(16)21-29(24,25)18-10-9-17(20)27-18/h1-10,21H,11-12H2. The van der Waals surface area contributed by atoms with E-state index in [2.05, 4.69) is 4.72 Å². The van der Waals surface area contributed by atoms with Crippen molar-refractivity contribution >= 4 is 71.8 Å². The second kappa shape index (κ2) is 9.28. The molecule has 154 valence electrons. The van der Waals surface area contributed by atoms with Gasteiger partial charge >= 0.3 is 0 Å². The zero-order chi connectivity index (χ0) is 21.1. The lowest BCUT2D eigenvalue weighted by atomic mass is 10.3. The van der Waals surface area contributed by atoms with Gasteiger partial charge in [-0.3, -0.25) is 4.72 Å². The molecule has 0 atom stereocenters. The first kappa shape index (κ1) is 22.5. The van der Waals surface area contributed by atoms with Crippen molar-refractivity contribution in [2.24, 2.45) is 0 Å². The largest absolute Gasteiger partial charge is 0.278 e. The Kier molecular flexibility index (Phi) is 7.19. The number of benzene rings is 2. The number of thiophene rings is 1. The van der Waals surface area contributed by atoms with E-state index in [1.807, 2.05) is 0 Å². The topological polar surface area (TPSA) is 80.3 Å². The number of halogens is 2. The Labute approximate surface area is 188 Å². The molecule has 0 unspecified atom stereocenters. The summed E-state index contributed by atoms with van der Waals surface area (Å²) in [6.07, 6.45) is 0. The second-order valence-corrected chi connectivity index (χ2v) is 13.1. The maximum absolute atomic E-state index is 12.5. The fourth-order valence-electron chi connectivity index (χ4n) is 2.34. The number of hydrogen-bond donors (Lipinski definition) is 1. The molecule has 29 heavy (non-hydrogen) atoms. The van der Waals surface area contributed by atoms with Crippen LogP contribution in [0.4, 0.5) is 5.69 Å². The molecule has 1 aromatic heterocycles. The van der Waals surface area contributed by atoms with E-state index in [0.717, 1.165) is 11.3 Å². The average Bonchev–Trinajstić information content (AvgIpc) is 3.11. The highest BCUT2D eigenvalue weighted by Gasteiger charge is 2.19. The van der Waals surface area contributed by atoms with Crippen LogP contribution in [0.3, 0.4) is 0 Å². The van der Waals surface area contributed by atoms with Gasteiger partial charge in [0, 0.05) is 15.7 Å². The van der Waals surface area contributed by atoms with E-state index in [1.54, 1.807) is 24.3 Å². The summed E-state index contributed by atoms with van der Waals surface area (Å²) in [5, 5.41) is 0.464. The number of anilines is 1. The summed E-state index contributed by atoms with van der Waals surface area (Å²) in [7, 11) is -7.24. The van der Waals surface area contributed by atoms with E-state index in [9.17, 15) is 16.8 Å². The first-order valence-corrected chi connectivity index (χ1v) is 13.8. The van der Waals surface area contributed by atoms with Crippen molar-refractivity contribution in [3.05, 3.63) is 70.0 Å². The zero-order valence-corrected chi connectivity index (χ0v) is 19.5. The number of sulfonamides is 1. The van der Waals surface area contributed by atoms with Crippen molar-refractivity contribution < 1.29 is 16.8 Å².